The van der Waals surface area contributed by atoms with Crippen molar-refractivity contribution < 1.29 is 5.11 Å². The number of aliphatic hydroxyl groups is 1. The van der Waals surface area contributed by atoms with Gasteiger partial charge in [0.25, 0.3) is 0 Å². The van der Waals surface area contributed by atoms with Gasteiger partial charge >= 0.3 is 0 Å². The van der Waals surface area contributed by atoms with E-state index in [1.165, 1.54) is 11.1 Å². The minimum Gasteiger partial charge on any atom is -0.396 e. The highest BCUT2D eigenvalue weighted by molar-refractivity contribution is 7.15. The van der Waals surface area contributed by atoms with Crippen LogP contribution in [0.1, 0.15) is 23.3 Å². The molecule has 1 aromatic heterocycles. The largest absolute Gasteiger partial charge is 0.396 e. The lowest BCUT2D eigenvalue weighted by Crippen LogP contribution is -1.94. The fraction of sp³-hybridized carbons (Fsp3) is 0.308. The Labute approximate surface area is 99.6 Å². The number of aryl methyl sites for hydroxylation is 1. The molecule has 0 radical (unpaired) electrons. The lowest BCUT2D eigenvalue weighted by atomic mass is 10.1. The Kier molecular flexibility index (Phi) is 3.36. The van der Waals surface area contributed by atoms with Crippen molar-refractivity contribution in [2.24, 2.45) is 0 Å². The van der Waals surface area contributed by atoms with Crippen molar-refractivity contribution in [2.45, 2.75) is 19.8 Å². The first-order valence-corrected chi connectivity index (χ1v) is 6.16. The summed E-state index contributed by atoms with van der Waals surface area (Å²) in [5.41, 5.74) is 2.42. The first kappa shape index (κ1) is 11.3. The second kappa shape index (κ2) is 4.76. The van der Waals surface area contributed by atoms with E-state index in [9.17, 15) is 0 Å². The van der Waals surface area contributed by atoms with Crippen molar-refractivity contribution in [3.63, 3.8) is 0 Å². The van der Waals surface area contributed by atoms with Crippen LogP contribution in [0.3, 0.4) is 0 Å². The Morgan fingerprint density at radius 1 is 1.38 bits per heavy atom. The second-order valence-corrected chi connectivity index (χ2v) is 5.03. The summed E-state index contributed by atoms with van der Waals surface area (Å²) in [5.74, 6) is 0.176. The molecule has 16 heavy (non-hydrogen) atoms. The maximum Gasteiger partial charge on any atom is 0.123 e. The third-order valence-corrected chi connectivity index (χ3v) is 3.92. The van der Waals surface area contributed by atoms with E-state index in [1.807, 2.05) is 25.3 Å². The molecule has 0 spiro atoms. The Bertz CT molecular complexity index is 478. The molecule has 0 saturated carbocycles. The molecule has 84 valence electrons. The molecule has 0 aliphatic rings. The summed E-state index contributed by atoms with van der Waals surface area (Å²) in [5, 5.41) is 10.1. The molecule has 2 rings (SSSR count). The molecule has 0 aliphatic carbocycles. The number of thiazole rings is 1. The van der Waals surface area contributed by atoms with Gasteiger partial charge in [-0.25, -0.2) is 4.98 Å². The molecule has 1 aromatic carbocycles. The number of aromatic nitrogens is 1. The highest BCUT2D eigenvalue weighted by Gasteiger charge is 2.11. The monoisotopic (exact) mass is 233 g/mol. The number of nitrogens with zero attached hydrogens (tertiary/aromatic N) is 1. The smallest absolute Gasteiger partial charge is 0.123 e. The van der Waals surface area contributed by atoms with Crippen LogP contribution in [0.25, 0.3) is 10.6 Å². The molecule has 3 heteroatoms. The van der Waals surface area contributed by atoms with Crippen LogP contribution in [0.5, 0.6) is 0 Å². The van der Waals surface area contributed by atoms with Crippen molar-refractivity contribution >= 4 is 11.3 Å². The van der Waals surface area contributed by atoms with Crippen molar-refractivity contribution in [3.05, 3.63) is 40.9 Å². The first-order valence-electron chi connectivity index (χ1n) is 5.35. The van der Waals surface area contributed by atoms with E-state index in [2.05, 4.69) is 24.0 Å². The van der Waals surface area contributed by atoms with Crippen LogP contribution in [-0.4, -0.2) is 16.7 Å². The van der Waals surface area contributed by atoms with E-state index in [1.54, 1.807) is 11.3 Å². The SMILES string of the molecule is Cc1ccccc1-c1ncc(C(C)CO)s1. The van der Waals surface area contributed by atoms with Crippen molar-refractivity contribution in [1.82, 2.24) is 4.98 Å². The van der Waals surface area contributed by atoms with Gasteiger partial charge in [-0.2, -0.15) is 0 Å². The normalized spacial score (nSPS) is 12.7. The molecular weight excluding hydrogens is 218 g/mol. The number of benzene rings is 1. The minimum atomic E-state index is 0.176. The van der Waals surface area contributed by atoms with E-state index in [0.29, 0.717) is 0 Å². The van der Waals surface area contributed by atoms with E-state index in [0.717, 1.165) is 9.88 Å². The molecule has 0 amide bonds. The molecule has 1 unspecified atom stereocenters. The van der Waals surface area contributed by atoms with Crippen LogP contribution in [-0.2, 0) is 0 Å². The molecule has 0 aliphatic heterocycles. The fourth-order valence-corrected chi connectivity index (χ4v) is 2.59. The number of aliphatic hydroxyl groups excluding tert-OH is 1. The van der Waals surface area contributed by atoms with Gasteiger partial charge in [0.05, 0.1) is 6.61 Å². The van der Waals surface area contributed by atoms with Gasteiger partial charge in [0.2, 0.25) is 0 Å². The number of hydrogen-bond acceptors (Lipinski definition) is 3. The third-order valence-electron chi connectivity index (χ3n) is 2.66. The topological polar surface area (TPSA) is 33.1 Å². The Hall–Kier alpha value is -1.19. The van der Waals surface area contributed by atoms with Crippen LogP contribution in [0, 0.1) is 6.92 Å². The van der Waals surface area contributed by atoms with Crippen LogP contribution < -0.4 is 0 Å². The van der Waals surface area contributed by atoms with E-state index in [4.69, 9.17) is 5.11 Å². The van der Waals surface area contributed by atoms with Crippen molar-refractivity contribution in [2.75, 3.05) is 6.61 Å². The third kappa shape index (κ3) is 2.15. The predicted octanol–water partition coefficient (Wildman–Crippen LogP) is 3.21. The summed E-state index contributed by atoms with van der Waals surface area (Å²) in [6.07, 6.45) is 1.87. The van der Waals surface area contributed by atoms with Crippen molar-refractivity contribution in [1.29, 1.82) is 0 Å². The van der Waals surface area contributed by atoms with Gasteiger partial charge in [-0.1, -0.05) is 31.2 Å². The highest BCUT2D eigenvalue weighted by Crippen LogP contribution is 2.30. The van der Waals surface area contributed by atoms with E-state index in [-0.39, 0.29) is 12.5 Å². The molecule has 2 aromatic rings. The lowest BCUT2D eigenvalue weighted by molar-refractivity contribution is 0.274. The van der Waals surface area contributed by atoms with Gasteiger partial charge in [0.15, 0.2) is 0 Å². The van der Waals surface area contributed by atoms with Gasteiger partial charge in [-0.15, -0.1) is 11.3 Å². The second-order valence-electron chi connectivity index (χ2n) is 3.97. The number of hydrogen-bond donors (Lipinski definition) is 1. The van der Waals surface area contributed by atoms with Gasteiger partial charge in [0, 0.05) is 22.6 Å². The highest BCUT2D eigenvalue weighted by atomic mass is 32.1. The van der Waals surface area contributed by atoms with Crippen LogP contribution in [0.15, 0.2) is 30.5 Å². The Morgan fingerprint density at radius 3 is 2.81 bits per heavy atom. The van der Waals surface area contributed by atoms with Gasteiger partial charge in [-0.05, 0) is 12.5 Å². The number of rotatable bonds is 3. The zero-order valence-corrected chi connectivity index (χ0v) is 10.3. The molecule has 0 saturated heterocycles. The minimum absolute atomic E-state index is 0.176. The summed E-state index contributed by atoms with van der Waals surface area (Å²) in [4.78, 5) is 5.56. The molecular formula is C13H15NOS. The molecule has 1 atom stereocenters. The summed E-state index contributed by atoms with van der Waals surface area (Å²) in [7, 11) is 0. The summed E-state index contributed by atoms with van der Waals surface area (Å²) in [6, 6.07) is 8.23. The molecule has 1 N–H and O–H groups in total. The zero-order valence-electron chi connectivity index (χ0n) is 9.47. The molecule has 2 nitrogen and oxygen atoms in total. The summed E-state index contributed by atoms with van der Waals surface area (Å²) in [6.45, 7) is 4.27. The lowest BCUT2D eigenvalue weighted by Gasteiger charge is -2.02. The fourth-order valence-electron chi connectivity index (χ4n) is 1.54. The summed E-state index contributed by atoms with van der Waals surface area (Å²) >= 11 is 1.66. The maximum atomic E-state index is 9.10. The average molecular weight is 233 g/mol. The Morgan fingerprint density at radius 2 is 2.12 bits per heavy atom. The zero-order chi connectivity index (χ0) is 11.5. The van der Waals surface area contributed by atoms with Gasteiger partial charge in [-0.3, -0.25) is 0 Å². The van der Waals surface area contributed by atoms with Gasteiger partial charge < -0.3 is 5.11 Å². The molecule has 0 bridgehead atoms. The quantitative estimate of drug-likeness (QED) is 0.883. The molecule has 1 heterocycles. The van der Waals surface area contributed by atoms with E-state index >= 15 is 0 Å². The Balaban J connectivity index is 2.35. The average Bonchev–Trinajstić information content (AvgIpc) is 2.78. The first-order chi connectivity index (χ1) is 7.72. The maximum absolute atomic E-state index is 9.10. The molecule has 0 fully saturated rings. The predicted molar refractivity (Wildman–Crippen MR) is 67.8 cm³/mol. The summed E-state index contributed by atoms with van der Waals surface area (Å²) < 4.78 is 0. The van der Waals surface area contributed by atoms with Crippen LogP contribution in [0.4, 0.5) is 0 Å². The standard InChI is InChI=1S/C13H15NOS/c1-9-5-3-4-6-11(9)13-14-7-12(16-13)10(2)8-15/h3-7,10,15H,8H2,1-2H3. The van der Waals surface area contributed by atoms with Crippen LogP contribution in [0.2, 0.25) is 0 Å². The van der Waals surface area contributed by atoms with Crippen molar-refractivity contribution in [3.8, 4) is 10.6 Å². The van der Waals surface area contributed by atoms with E-state index < -0.39 is 0 Å². The van der Waals surface area contributed by atoms with Crippen LogP contribution >= 0.6 is 11.3 Å². The van der Waals surface area contributed by atoms with Gasteiger partial charge in [0.1, 0.15) is 5.01 Å².